The molecule has 178 valence electrons. The number of hydrogen-bond donors (Lipinski definition) is 1. The Balaban J connectivity index is 1.47. The Labute approximate surface area is 197 Å². The van der Waals surface area contributed by atoms with Crippen molar-refractivity contribution in [2.75, 3.05) is 37.4 Å². The molecule has 0 saturated carbocycles. The van der Waals surface area contributed by atoms with Crippen molar-refractivity contribution < 1.29 is 18.0 Å². The van der Waals surface area contributed by atoms with Crippen molar-refractivity contribution in [1.82, 2.24) is 9.88 Å². The number of benzene rings is 2. The highest BCUT2D eigenvalue weighted by molar-refractivity contribution is 6.05. The van der Waals surface area contributed by atoms with Crippen molar-refractivity contribution in [3.63, 3.8) is 0 Å². The van der Waals surface area contributed by atoms with Gasteiger partial charge in [0.2, 0.25) is 0 Å². The normalized spacial score (nSPS) is 16.2. The van der Waals surface area contributed by atoms with E-state index in [1.807, 2.05) is 19.1 Å². The van der Waals surface area contributed by atoms with Crippen LogP contribution >= 0.6 is 0 Å². The second kappa shape index (κ2) is 9.46. The molecule has 0 unspecified atom stereocenters. The van der Waals surface area contributed by atoms with Gasteiger partial charge in [-0.25, -0.2) is 4.98 Å². The van der Waals surface area contributed by atoms with Crippen LogP contribution in [-0.2, 0) is 6.18 Å². The molecule has 1 amide bonds. The van der Waals surface area contributed by atoms with Crippen molar-refractivity contribution in [3.8, 4) is 11.1 Å². The molecule has 5 nitrogen and oxygen atoms in total. The van der Waals surface area contributed by atoms with E-state index in [2.05, 4.69) is 34.2 Å². The molecule has 1 aromatic heterocycles. The number of anilines is 2. The Hall–Kier alpha value is -3.39. The maximum absolute atomic E-state index is 12.9. The van der Waals surface area contributed by atoms with Crippen LogP contribution in [0.15, 0.2) is 60.8 Å². The second-order valence-electron chi connectivity index (χ2n) is 8.76. The van der Waals surface area contributed by atoms with Gasteiger partial charge < -0.3 is 15.1 Å². The summed E-state index contributed by atoms with van der Waals surface area (Å²) in [7, 11) is 4.15. The van der Waals surface area contributed by atoms with Gasteiger partial charge in [-0.3, -0.25) is 4.79 Å². The number of amides is 1. The fourth-order valence-electron chi connectivity index (χ4n) is 4.20. The third-order valence-electron chi connectivity index (χ3n) is 6.33. The number of pyridine rings is 1. The summed E-state index contributed by atoms with van der Waals surface area (Å²) in [5, 5.41) is 2.90. The van der Waals surface area contributed by atoms with Crippen LogP contribution in [0.25, 0.3) is 11.1 Å². The zero-order valence-corrected chi connectivity index (χ0v) is 19.4. The topological polar surface area (TPSA) is 48.5 Å². The number of nitrogens with zero attached hydrogens (tertiary/aromatic N) is 3. The standard InChI is InChI=1S/C26H27F3N4O/c1-17-22(18-7-10-20(11-8-18)26(27,28)29)5-4-6-23(17)31-25(34)19-9-12-24(30-15-19)33-14-13-21(16-33)32(2)3/h4-12,15,21H,13-14,16H2,1-3H3,(H,31,34)/t21-/m0/s1. The van der Waals surface area contributed by atoms with Gasteiger partial charge in [-0.05, 0) is 74.5 Å². The number of alkyl halides is 3. The lowest BCUT2D eigenvalue weighted by atomic mass is 9.98. The second-order valence-corrected chi connectivity index (χ2v) is 8.76. The number of carbonyl (C=O) groups is 1. The molecule has 2 aromatic carbocycles. The van der Waals surface area contributed by atoms with Gasteiger partial charge in [-0.2, -0.15) is 13.2 Å². The lowest BCUT2D eigenvalue weighted by molar-refractivity contribution is -0.137. The van der Waals surface area contributed by atoms with E-state index in [0.29, 0.717) is 22.9 Å². The molecule has 34 heavy (non-hydrogen) atoms. The van der Waals surface area contributed by atoms with E-state index in [9.17, 15) is 18.0 Å². The molecule has 0 spiro atoms. The van der Waals surface area contributed by atoms with E-state index in [1.54, 1.807) is 24.4 Å². The molecular weight excluding hydrogens is 441 g/mol. The van der Waals surface area contributed by atoms with Gasteiger partial charge in [0, 0.05) is 31.0 Å². The zero-order valence-electron chi connectivity index (χ0n) is 19.4. The van der Waals surface area contributed by atoms with Crippen molar-refractivity contribution in [1.29, 1.82) is 0 Å². The quantitative estimate of drug-likeness (QED) is 0.540. The molecule has 1 aliphatic heterocycles. The largest absolute Gasteiger partial charge is 0.416 e. The molecule has 0 bridgehead atoms. The molecule has 1 aliphatic rings. The van der Waals surface area contributed by atoms with Crippen LogP contribution < -0.4 is 10.2 Å². The van der Waals surface area contributed by atoms with Gasteiger partial charge in [0.15, 0.2) is 0 Å². The highest BCUT2D eigenvalue weighted by atomic mass is 19.4. The molecule has 1 N–H and O–H groups in total. The third-order valence-corrected chi connectivity index (χ3v) is 6.33. The van der Waals surface area contributed by atoms with E-state index in [4.69, 9.17) is 0 Å². The van der Waals surface area contributed by atoms with Crippen LogP contribution in [0, 0.1) is 6.92 Å². The molecule has 3 aromatic rings. The van der Waals surface area contributed by atoms with Crippen molar-refractivity contribution in [2.45, 2.75) is 25.6 Å². The van der Waals surface area contributed by atoms with Crippen LogP contribution in [0.3, 0.4) is 0 Å². The molecule has 1 atom stereocenters. The summed E-state index contributed by atoms with van der Waals surface area (Å²) in [5.74, 6) is 0.556. The number of hydrogen-bond acceptors (Lipinski definition) is 4. The van der Waals surface area contributed by atoms with Gasteiger partial charge in [-0.15, -0.1) is 0 Å². The van der Waals surface area contributed by atoms with Gasteiger partial charge in [0.05, 0.1) is 11.1 Å². The number of nitrogens with one attached hydrogen (secondary N) is 1. The van der Waals surface area contributed by atoms with E-state index >= 15 is 0 Å². The summed E-state index contributed by atoms with van der Waals surface area (Å²) in [6, 6.07) is 14.5. The van der Waals surface area contributed by atoms with Crippen LogP contribution in [0.2, 0.25) is 0 Å². The minimum absolute atomic E-state index is 0.292. The minimum atomic E-state index is -4.38. The average molecular weight is 469 g/mol. The maximum atomic E-state index is 12.9. The smallest absolute Gasteiger partial charge is 0.355 e. The van der Waals surface area contributed by atoms with E-state index in [-0.39, 0.29) is 5.91 Å². The fraction of sp³-hybridized carbons (Fsp3) is 0.308. The molecule has 2 heterocycles. The SMILES string of the molecule is Cc1c(NC(=O)c2ccc(N3CC[C@H](N(C)C)C3)nc2)cccc1-c1ccc(C(F)(F)F)cc1. The Morgan fingerprint density at radius 2 is 1.82 bits per heavy atom. The first-order chi connectivity index (χ1) is 16.1. The molecule has 4 rings (SSSR count). The minimum Gasteiger partial charge on any atom is -0.355 e. The Bertz CT molecular complexity index is 1160. The number of likely N-dealkylation sites (N-methyl/N-ethyl adjacent to an activating group) is 1. The predicted molar refractivity (Wildman–Crippen MR) is 128 cm³/mol. The van der Waals surface area contributed by atoms with Crippen molar-refractivity contribution in [2.24, 2.45) is 0 Å². The fourth-order valence-corrected chi connectivity index (χ4v) is 4.20. The summed E-state index contributed by atoms with van der Waals surface area (Å²) in [6.07, 6.45) is -1.73. The van der Waals surface area contributed by atoms with Gasteiger partial charge in [0.25, 0.3) is 5.91 Å². The molecule has 0 radical (unpaired) electrons. The van der Waals surface area contributed by atoms with E-state index in [1.165, 1.54) is 12.1 Å². The number of halogens is 3. The summed E-state index contributed by atoms with van der Waals surface area (Å²) in [4.78, 5) is 21.8. The van der Waals surface area contributed by atoms with Crippen molar-refractivity contribution in [3.05, 3.63) is 77.5 Å². The van der Waals surface area contributed by atoms with Gasteiger partial charge in [-0.1, -0.05) is 24.3 Å². The molecule has 0 aliphatic carbocycles. The molecular formula is C26H27F3N4O. The van der Waals surface area contributed by atoms with Crippen LogP contribution in [0.4, 0.5) is 24.7 Å². The van der Waals surface area contributed by atoms with E-state index in [0.717, 1.165) is 48.6 Å². The molecule has 1 saturated heterocycles. The first-order valence-electron chi connectivity index (χ1n) is 11.1. The van der Waals surface area contributed by atoms with Crippen LogP contribution in [-0.4, -0.2) is 49.0 Å². The lowest BCUT2D eigenvalue weighted by Gasteiger charge is -2.21. The monoisotopic (exact) mass is 468 g/mol. The Morgan fingerprint density at radius 1 is 1.09 bits per heavy atom. The summed E-state index contributed by atoms with van der Waals surface area (Å²) in [6.45, 7) is 3.66. The first kappa shape index (κ1) is 23.8. The predicted octanol–water partition coefficient (Wildman–Crippen LogP) is 5.47. The first-order valence-corrected chi connectivity index (χ1v) is 11.1. The number of rotatable bonds is 5. The van der Waals surface area contributed by atoms with Crippen LogP contribution in [0.5, 0.6) is 0 Å². The summed E-state index contributed by atoms with van der Waals surface area (Å²) in [5.41, 5.74) is 2.51. The Kier molecular flexibility index (Phi) is 6.61. The number of carbonyl (C=O) groups excluding carboxylic acids is 1. The highest BCUT2D eigenvalue weighted by Crippen LogP contribution is 2.33. The molecule has 1 fully saturated rings. The average Bonchev–Trinajstić information content (AvgIpc) is 3.31. The van der Waals surface area contributed by atoms with Crippen LogP contribution in [0.1, 0.15) is 27.9 Å². The van der Waals surface area contributed by atoms with Gasteiger partial charge >= 0.3 is 6.18 Å². The van der Waals surface area contributed by atoms with Crippen molar-refractivity contribution >= 4 is 17.4 Å². The number of aromatic nitrogens is 1. The highest BCUT2D eigenvalue weighted by Gasteiger charge is 2.30. The lowest BCUT2D eigenvalue weighted by Crippen LogP contribution is -2.31. The zero-order chi connectivity index (χ0) is 24.5. The Morgan fingerprint density at radius 3 is 2.41 bits per heavy atom. The summed E-state index contributed by atoms with van der Waals surface area (Å²) < 4.78 is 38.6. The van der Waals surface area contributed by atoms with Gasteiger partial charge in [0.1, 0.15) is 5.82 Å². The summed E-state index contributed by atoms with van der Waals surface area (Å²) >= 11 is 0. The molecule has 8 heteroatoms. The van der Waals surface area contributed by atoms with E-state index < -0.39 is 11.7 Å². The third kappa shape index (κ3) is 5.07. The maximum Gasteiger partial charge on any atom is 0.416 e.